The molecule has 15 nitrogen and oxygen atoms in total. The number of ketones is 1. The average molecular weight is 714 g/mol. The first kappa shape index (κ1) is 38.9. The molecule has 0 aliphatic carbocycles. The summed E-state index contributed by atoms with van der Waals surface area (Å²) in [6.45, 7) is 16.9. The van der Waals surface area contributed by atoms with Crippen molar-refractivity contribution in [3.63, 3.8) is 0 Å². The van der Waals surface area contributed by atoms with Crippen LogP contribution in [-0.2, 0) is 14.3 Å². The van der Waals surface area contributed by atoms with Crippen LogP contribution in [-0.4, -0.2) is 89.6 Å². The van der Waals surface area contributed by atoms with Crippen LogP contribution in [0.2, 0.25) is 0 Å². The molecular weight excluding hydrogens is 666 g/mol. The van der Waals surface area contributed by atoms with E-state index in [-0.39, 0.29) is 28.7 Å². The number of nitrogens with one attached hydrogen (secondary N) is 2. The third-order valence-electron chi connectivity index (χ3n) is 7.48. The summed E-state index contributed by atoms with van der Waals surface area (Å²) in [6, 6.07) is 9.96. The maximum absolute atomic E-state index is 13.5. The van der Waals surface area contributed by atoms with Gasteiger partial charge >= 0.3 is 12.2 Å². The normalized spacial score (nSPS) is 12.1. The lowest BCUT2D eigenvalue weighted by atomic mass is 10.0. The number of pyridine rings is 1. The van der Waals surface area contributed by atoms with E-state index in [1.54, 1.807) is 73.8 Å². The number of rotatable bonds is 9. The summed E-state index contributed by atoms with van der Waals surface area (Å²) in [5, 5.41) is 3.92. The zero-order chi connectivity index (χ0) is 38.7. The molecule has 52 heavy (non-hydrogen) atoms. The quantitative estimate of drug-likeness (QED) is 0.141. The van der Waals surface area contributed by atoms with E-state index in [0.29, 0.717) is 22.6 Å². The van der Waals surface area contributed by atoms with Crippen LogP contribution >= 0.6 is 0 Å². The second-order valence-corrected chi connectivity index (χ2v) is 14.4. The number of hydrogen-bond donors (Lipinski definition) is 2. The number of imidazole rings is 1. The molecule has 1 aromatic carbocycles. The van der Waals surface area contributed by atoms with E-state index in [1.807, 2.05) is 42.0 Å². The van der Waals surface area contributed by atoms with E-state index >= 15 is 0 Å². The molecule has 0 aliphatic rings. The van der Waals surface area contributed by atoms with Gasteiger partial charge < -0.3 is 19.4 Å². The largest absolute Gasteiger partial charge is 0.444 e. The lowest BCUT2D eigenvalue weighted by molar-refractivity contribution is -0.120. The highest BCUT2D eigenvalue weighted by atomic mass is 16.6. The van der Waals surface area contributed by atoms with Gasteiger partial charge in [-0.15, -0.1) is 0 Å². The fraction of sp³-hybridized carbons (Fsp3) is 0.405. The van der Waals surface area contributed by atoms with Crippen LogP contribution in [0.4, 0.5) is 21.2 Å². The van der Waals surface area contributed by atoms with Gasteiger partial charge in [-0.05, 0) is 93.5 Å². The monoisotopic (exact) mass is 713 g/mol. The van der Waals surface area contributed by atoms with Gasteiger partial charge in [0.15, 0.2) is 11.6 Å². The summed E-state index contributed by atoms with van der Waals surface area (Å²) in [4.78, 5) is 71.7. The first-order chi connectivity index (χ1) is 24.1. The Balaban J connectivity index is 1.81. The number of likely N-dealkylation sites (N-methyl/N-ethyl adjacent to an activating group) is 1. The van der Waals surface area contributed by atoms with Crippen LogP contribution in [0.1, 0.15) is 77.3 Å². The molecule has 276 valence electrons. The molecule has 2 N–H and O–H groups in total. The maximum atomic E-state index is 13.5. The zero-order valence-corrected chi connectivity index (χ0v) is 31.8. The number of benzene rings is 1. The standard InChI is InChI=1S/C37H47N9O6/c1-21-19-46(20-38-21)27-15-13-25(14-16-27)28-17-26(18-29(41-28)42-33(48)22(2)44(11)34(49)51-36(5,6)7)31-30(23(3)47)32(40-24(4)39-31)43-45(12)35(50)52-37(8,9)10/h13-20,22H,1-12H3,(H,39,40,43)(H,41,42,48). The highest BCUT2D eigenvalue weighted by Gasteiger charge is 2.28. The third-order valence-corrected chi connectivity index (χ3v) is 7.48. The summed E-state index contributed by atoms with van der Waals surface area (Å²) in [5.41, 5.74) is 5.05. The number of amides is 3. The zero-order valence-electron chi connectivity index (χ0n) is 31.8. The van der Waals surface area contributed by atoms with Gasteiger partial charge in [0.05, 0.1) is 29.0 Å². The summed E-state index contributed by atoms with van der Waals surface area (Å²) < 4.78 is 12.8. The first-order valence-electron chi connectivity index (χ1n) is 16.7. The molecule has 0 aliphatic heterocycles. The second-order valence-electron chi connectivity index (χ2n) is 14.4. The van der Waals surface area contributed by atoms with Crippen molar-refractivity contribution in [2.75, 3.05) is 24.8 Å². The van der Waals surface area contributed by atoms with Crippen LogP contribution < -0.4 is 10.7 Å². The van der Waals surface area contributed by atoms with E-state index in [2.05, 4.69) is 25.7 Å². The Hall–Kier alpha value is -5.86. The van der Waals surface area contributed by atoms with Crippen molar-refractivity contribution < 1.29 is 28.7 Å². The van der Waals surface area contributed by atoms with Crippen molar-refractivity contribution in [2.45, 2.75) is 86.5 Å². The molecule has 0 radical (unpaired) electrons. The second kappa shape index (κ2) is 15.2. The molecule has 4 rings (SSSR count). The highest BCUT2D eigenvalue weighted by Crippen LogP contribution is 2.33. The summed E-state index contributed by atoms with van der Waals surface area (Å²) in [6.07, 6.45) is 2.28. The molecular formula is C37H47N9O6. The third kappa shape index (κ3) is 9.89. The summed E-state index contributed by atoms with van der Waals surface area (Å²) in [5.74, 6) is -0.382. The number of hydrogen-bond acceptors (Lipinski definition) is 11. The Bertz CT molecular complexity index is 1980. The SMILES string of the molecule is CC(=O)c1c(NN(C)C(=O)OC(C)(C)C)nc(C)nc1-c1cc(NC(=O)C(C)N(C)C(=O)OC(C)(C)C)nc(-c2ccc(-n3cnc(C)c3)cc2)c1. The van der Waals surface area contributed by atoms with Crippen LogP contribution in [0.3, 0.4) is 0 Å². The van der Waals surface area contributed by atoms with Crippen LogP contribution in [0, 0.1) is 13.8 Å². The number of aromatic nitrogens is 5. The topological polar surface area (TPSA) is 174 Å². The van der Waals surface area contributed by atoms with Crippen molar-refractivity contribution in [3.05, 3.63) is 66.0 Å². The minimum Gasteiger partial charge on any atom is -0.444 e. The number of ether oxygens (including phenoxy) is 2. The van der Waals surface area contributed by atoms with Crippen molar-refractivity contribution in [2.24, 2.45) is 0 Å². The molecule has 4 aromatic rings. The fourth-order valence-electron chi connectivity index (χ4n) is 4.88. The molecule has 1 unspecified atom stereocenters. The molecule has 3 aromatic heterocycles. The summed E-state index contributed by atoms with van der Waals surface area (Å²) in [7, 11) is 2.93. The van der Waals surface area contributed by atoms with Gasteiger partial charge in [-0.25, -0.2) is 34.5 Å². The molecule has 0 spiro atoms. The number of aryl methyl sites for hydroxylation is 2. The van der Waals surface area contributed by atoms with Gasteiger partial charge in [-0.2, -0.15) is 0 Å². The smallest absolute Gasteiger partial charge is 0.428 e. The number of nitrogens with zero attached hydrogens (tertiary/aromatic N) is 7. The van der Waals surface area contributed by atoms with Gasteiger partial charge in [-0.3, -0.25) is 19.9 Å². The molecule has 3 amide bonds. The Morgan fingerprint density at radius 2 is 1.46 bits per heavy atom. The number of carbonyl (C=O) groups is 4. The molecule has 3 heterocycles. The average Bonchev–Trinajstić information content (AvgIpc) is 3.47. The molecule has 1 atom stereocenters. The number of hydrazine groups is 1. The van der Waals surface area contributed by atoms with Crippen LogP contribution in [0.5, 0.6) is 0 Å². The van der Waals surface area contributed by atoms with E-state index in [4.69, 9.17) is 14.5 Å². The van der Waals surface area contributed by atoms with Crippen LogP contribution in [0.15, 0.2) is 48.9 Å². The Labute approximate surface area is 303 Å². The van der Waals surface area contributed by atoms with E-state index in [1.165, 1.54) is 25.9 Å². The molecule has 0 saturated carbocycles. The lowest BCUT2D eigenvalue weighted by Crippen LogP contribution is -2.45. The maximum Gasteiger partial charge on any atom is 0.428 e. The minimum atomic E-state index is -0.935. The molecule has 0 bridgehead atoms. The van der Waals surface area contributed by atoms with Crippen LogP contribution in [0.25, 0.3) is 28.2 Å². The Morgan fingerprint density at radius 1 is 0.846 bits per heavy atom. The fourth-order valence-corrected chi connectivity index (χ4v) is 4.88. The van der Waals surface area contributed by atoms with Crippen molar-refractivity contribution in [3.8, 4) is 28.2 Å². The predicted molar refractivity (Wildman–Crippen MR) is 197 cm³/mol. The van der Waals surface area contributed by atoms with Crippen molar-refractivity contribution in [1.82, 2.24) is 34.4 Å². The van der Waals surface area contributed by atoms with Crippen molar-refractivity contribution in [1.29, 1.82) is 0 Å². The predicted octanol–water partition coefficient (Wildman–Crippen LogP) is 6.60. The Morgan fingerprint density at radius 3 is 2.02 bits per heavy atom. The molecule has 0 fully saturated rings. The van der Waals surface area contributed by atoms with E-state index in [9.17, 15) is 19.2 Å². The number of anilines is 2. The van der Waals surface area contributed by atoms with Gasteiger partial charge in [0.1, 0.15) is 28.9 Å². The van der Waals surface area contributed by atoms with Gasteiger partial charge in [0.2, 0.25) is 5.91 Å². The minimum absolute atomic E-state index is 0.0832. The molecule has 15 heteroatoms. The summed E-state index contributed by atoms with van der Waals surface area (Å²) >= 11 is 0. The van der Waals surface area contributed by atoms with Crippen molar-refractivity contribution >= 4 is 35.5 Å². The number of Topliss-reactive ketones (excluding diaryl/α,β-unsaturated/α-hetero) is 1. The first-order valence-corrected chi connectivity index (χ1v) is 16.7. The van der Waals surface area contributed by atoms with Gasteiger partial charge in [-0.1, -0.05) is 12.1 Å². The van der Waals surface area contributed by atoms with Gasteiger partial charge in [0.25, 0.3) is 0 Å². The number of carbonyl (C=O) groups excluding carboxylic acids is 4. The van der Waals surface area contributed by atoms with E-state index in [0.717, 1.165) is 16.4 Å². The Kier molecular flexibility index (Phi) is 11.4. The highest BCUT2D eigenvalue weighted by molar-refractivity contribution is 6.05. The molecule has 0 saturated heterocycles. The van der Waals surface area contributed by atoms with E-state index < -0.39 is 35.3 Å². The lowest BCUT2D eigenvalue weighted by Gasteiger charge is -2.28. The van der Waals surface area contributed by atoms with Gasteiger partial charge in [0, 0.05) is 37.1 Å².